The van der Waals surface area contributed by atoms with Gasteiger partial charge in [0.25, 0.3) is 0 Å². The third-order valence-corrected chi connectivity index (χ3v) is 5.94. The lowest BCUT2D eigenvalue weighted by molar-refractivity contribution is -0.528. The SMILES string of the molecule is Cc1ccc2c(c1)N=[N+](c1c(C)cccc1C)C[N@@+]2(C)c1c(C)cccc1C. The van der Waals surface area contributed by atoms with Gasteiger partial charge >= 0.3 is 6.67 Å². The monoisotopic (exact) mass is 371 g/mol. The van der Waals surface area contributed by atoms with E-state index in [1.807, 2.05) is 0 Å². The Morgan fingerprint density at radius 1 is 0.786 bits per heavy atom. The van der Waals surface area contributed by atoms with Crippen molar-refractivity contribution in [1.29, 1.82) is 0 Å². The molecule has 28 heavy (non-hydrogen) atoms. The molecule has 3 aromatic rings. The molecule has 0 saturated carbocycles. The highest BCUT2D eigenvalue weighted by atomic mass is 15.5. The lowest BCUT2D eigenvalue weighted by Gasteiger charge is -2.35. The van der Waals surface area contributed by atoms with Crippen LogP contribution < -0.4 is 4.48 Å². The van der Waals surface area contributed by atoms with E-state index in [0.717, 1.165) is 12.4 Å². The number of hydrogen-bond acceptors (Lipinski definition) is 1. The van der Waals surface area contributed by atoms with Gasteiger partial charge in [0.2, 0.25) is 5.69 Å². The number of azo groups is 2. The quantitative estimate of drug-likeness (QED) is 0.344. The first kappa shape index (κ1) is 18.6. The molecule has 0 unspecified atom stereocenters. The number of para-hydroxylation sites is 2. The maximum Gasteiger partial charge on any atom is 0.311 e. The number of hydrogen-bond donors (Lipinski definition) is 0. The highest BCUT2D eigenvalue weighted by Crippen LogP contribution is 2.46. The van der Waals surface area contributed by atoms with Gasteiger partial charge in [0.1, 0.15) is 5.69 Å². The fourth-order valence-corrected chi connectivity index (χ4v) is 4.75. The molecule has 0 aromatic heterocycles. The molecule has 3 nitrogen and oxygen atoms in total. The standard InChI is InChI=1S/C25H29N3/c1-17-13-14-23-22(15-17)26-27(24-18(2)9-7-10-19(24)3)16-28(23,6)25-20(4)11-8-12-21(25)5/h7-15H,16H2,1-6H3/q+2/t28-/m1/s1. The molecule has 0 radical (unpaired) electrons. The molecular formula is C25H29N3+2. The Hall–Kier alpha value is -2.78. The fraction of sp³-hybridized carbons (Fsp3) is 0.280. The number of aryl methyl sites for hydroxylation is 5. The van der Waals surface area contributed by atoms with Crippen LogP contribution in [0.25, 0.3) is 0 Å². The van der Waals surface area contributed by atoms with E-state index >= 15 is 0 Å². The topological polar surface area (TPSA) is 15.4 Å². The summed E-state index contributed by atoms with van der Waals surface area (Å²) in [5.74, 6) is 0. The maximum atomic E-state index is 5.10. The second-order valence-corrected chi connectivity index (χ2v) is 8.31. The van der Waals surface area contributed by atoms with Crippen LogP contribution in [0, 0.1) is 34.6 Å². The summed E-state index contributed by atoms with van der Waals surface area (Å²) in [6.45, 7) is 11.7. The molecule has 142 valence electrons. The summed E-state index contributed by atoms with van der Waals surface area (Å²) in [4.78, 5) is 0. The van der Waals surface area contributed by atoms with E-state index in [2.05, 4.69) is 101 Å². The molecule has 1 aliphatic rings. The first-order valence-corrected chi connectivity index (χ1v) is 9.90. The van der Waals surface area contributed by atoms with Gasteiger partial charge in [0.05, 0.1) is 7.05 Å². The van der Waals surface area contributed by atoms with E-state index in [1.54, 1.807) is 0 Å². The summed E-state index contributed by atoms with van der Waals surface area (Å²) < 4.78 is 2.92. The zero-order valence-corrected chi connectivity index (χ0v) is 17.7. The molecular weight excluding hydrogens is 342 g/mol. The van der Waals surface area contributed by atoms with E-state index in [9.17, 15) is 0 Å². The molecule has 0 spiro atoms. The summed E-state index contributed by atoms with van der Waals surface area (Å²) in [5, 5.41) is 5.10. The fourth-order valence-electron chi connectivity index (χ4n) is 4.75. The molecule has 0 aliphatic carbocycles. The van der Waals surface area contributed by atoms with Crippen molar-refractivity contribution >= 4 is 22.7 Å². The second-order valence-electron chi connectivity index (χ2n) is 8.31. The first-order chi connectivity index (χ1) is 13.3. The predicted octanol–water partition coefficient (Wildman–Crippen LogP) is 6.90. The largest absolute Gasteiger partial charge is 0.311 e. The third-order valence-electron chi connectivity index (χ3n) is 5.94. The zero-order chi connectivity index (χ0) is 20.1. The predicted molar refractivity (Wildman–Crippen MR) is 117 cm³/mol. The molecule has 0 fully saturated rings. The molecule has 0 amide bonds. The number of rotatable bonds is 2. The molecule has 4 rings (SSSR count). The van der Waals surface area contributed by atoms with E-state index in [-0.39, 0.29) is 0 Å². The van der Waals surface area contributed by atoms with Gasteiger partial charge < -0.3 is 0 Å². The van der Waals surface area contributed by atoms with Crippen LogP contribution >= 0.6 is 0 Å². The smallest absolute Gasteiger partial charge is 0.202 e. The van der Waals surface area contributed by atoms with Crippen LogP contribution in [-0.4, -0.2) is 18.4 Å². The molecule has 1 atom stereocenters. The average molecular weight is 372 g/mol. The lowest BCUT2D eigenvalue weighted by Crippen LogP contribution is -2.47. The zero-order valence-electron chi connectivity index (χ0n) is 17.7. The van der Waals surface area contributed by atoms with E-state index in [4.69, 9.17) is 5.11 Å². The molecule has 0 bridgehead atoms. The molecule has 3 aromatic carbocycles. The average Bonchev–Trinajstić information content (AvgIpc) is 2.61. The lowest BCUT2D eigenvalue weighted by atomic mass is 10.0. The summed E-state index contributed by atoms with van der Waals surface area (Å²) in [6.07, 6.45) is 0. The van der Waals surface area contributed by atoms with E-state index < -0.39 is 0 Å². The number of nitrogens with zero attached hydrogens (tertiary/aromatic N) is 3. The number of benzene rings is 3. The van der Waals surface area contributed by atoms with Crippen LogP contribution in [0.15, 0.2) is 59.7 Å². The summed E-state index contributed by atoms with van der Waals surface area (Å²) in [5.41, 5.74) is 11.3. The van der Waals surface area contributed by atoms with Crippen molar-refractivity contribution in [2.75, 3.05) is 13.7 Å². The minimum atomic E-state index is 0.714. The van der Waals surface area contributed by atoms with E-state index in [1.165, 1.54) is 44.9 Å². The van der Waals surface area contributed by atoms with Crippen LogP contribution in [0.1, 0.15) is 27.8 Å². The Bertz CT molecular complexity index is 1070. The van der Waals surface area contributed by atoms with Crippen LogP contribution in [0.2, 0.25) is 0 Å². The van der Waals surface area contributed by atoms with Crippen molar-refractivity contribution in [1.82, 2.24) is 4.48 Å². The Morgan fingerprint density at radius 2 is 1.36 bits per heavy atom. The van der Waals surface area contributed by atoms with Crippen LogP contribution in [-0.2, 0) is 0 Å². The van der Waals surface area contributed by atoms with Gasteiger partial charge in [0, 0.05) is 33.4 Å². The first-order valence-electron chi connectivity index (χ1n) is 9.90. The molecule has 1 heterocycles. The Kier molecular flexibility index (Phi) is 4.43. The Labute approximate surface area is 168 Å². The van der Waals surface area contributed by atoms with Gasteiger partial charge in [-0.3, -0.25) is 0 Å². The number of fused-ring (bicyclic) bond motifs is 1. The van der Waals surface area contributed by atoms with Crippen molar-refractivity contribution in [3.8, 4) is 0 Å². The summed E-state index contributed by atoms with van der Waals surface area (Å²) in [7, 11) is 2.32. The molecule has 0 saturated heterocycles. The van der Waals surface area contributed by atoms with Crippen LogP contribution in [0.3, 0.4) is 0 Å². The van der Waals surface area contributed by atoms with Gasteiger partial charge in [-0.25, -0.2) is 4.48 Å². The Morgan fingerprint density at radius 3 is 1.96 bits per heavy atom. The van der Waals surface area contributed by atoms with Gasteiger partial charge in [-0.1, -0.05) is 42.5 Å². The van der Waals surface area contributed by atoms with Crippen LogP contribution in [0.5, 0.6) is 0 Å². The maximum absolute atomic E-state index is 5.10. The van der Waals surface area contributed by atoms with Crippen molar-refractivity contribution in [3.63, 3.8) is 0 Å². The van der Waals surface area contributed by atoms with Crippen molar-refractivity contribution in [3.05, 3.63) is 82.4 Å². The minimum Gasteiger partial charge on any atom is -0.202 e. The van der Waals surface area contributed by atoms with Crippen molar-refractivity contribution in [2.45, 2.75) is 34.6 Å². The highest BCUT2D eigenvalue weighted by Gasteiger charge is 2.43. The minimum absolute atomic E-state index is 0.714. The van der Waals surface area contributed by atoms with Gasteiger partial charge in [-0.15, -0.1) is 0 Å². The number of quaternary nitrogens is 1. The van der Waals surface area contributed by atoms with Gasteiger partial charge in [-0.2, -0.15) is 0 Å². The third kappa shape index (κ3) is 2.87. The van der Waals surface area contributed by atoms with E-state index in [0.29, 0.717) is 4.48 Å². The van der Waals surface area contributed by atoms with Crippen molar-refractivity contribution < 1.29 is 4.70 Å². The molecule has 0 N–H and O–H groups in total. The van der Waals surface area contributed by atoms with Crippen molar-refractivity contribution in [2.24, 2.45) is 5.11 Å². The highest BCUT2D eigenvalue weighted by molar-refractivity contribution is 5.74. The van der Waals surface area contributed by atoms with Gasteiger partial charge in [-0.05, 0) is 50.9 Å². The Balaban J connectivity index is 2.02. The van der Waals surface area contributed by atoms with Crippen LogP contribution in [0.4, 0.5) is 22.7 Å². The van der Waals surface area contributed by atoms with Gasteiger partial charge in [0.15, 0.2) is 11.4 Å². The summed E-state index contributed by atoms with van der Waals surface area (Å²) in [6, 6.07) is 19.7. The second kappa shape index (κ2) is 6.68. The normalized spacial score (nSPS) is 18.6. The molecule has 3 heteroatoms. The summed E-state index contributed by atoms with van der Waals surface area (Å²) >= 11 is 0. The molecule has 1 aliphatic heterocycles.